The number of hydrogen-bond donors (Lipinski definition) is 1. The molecule has 1 aromatic carbocycles. The number of likely N-dealkylation sites (tertiary alicyclic amines) is 2. The highest BCUT2D eigenvalue weighted by Gasteiger charge is 2.25. The lowest BCUT2D eigenvalue weighted by Gasteiger charge is -2.34. The van der Waals surface area contributed by atoms with Gasteiger partial charge in [-0.1, -0.05) is 13.8 Å². The number of amides is 1. The quantitative estimate of drug-likeness (QED) is 0.633. The van der Waals surface area contributed by atoms with Gasteiger partial charge in [0.05, 0.1) is 17.6 Å². The fraction of sp³-hybridized carbons (Fsp3) is 0.682. The lowest BCUT2D eigenvalue weighted by molar-refractivity contribution is 0.0789. The number of ether oxygens (including phenoxy) is 1. The van der Waals surface area contributed by atoms with Crippen LogP contribution in [0, 0.1) is 11.8 Å². The van der Waals surface area contributed by atoms with Crippen molar-refractivity contribution in [1.29, 1.82) is 0 Å². The smallest absolute Gasteiger partial charge is 0.257 e. The summed E-state index contributed by atoms with van der Waals surface area (Å²) in [7, 11) is -2.19. The van der Waals surface area contributed by atoms with Gasteiger partial charge < -0.3 is 14.5 Å². The first-order valence-electron chi connectivity index (χ1n) is 11.0. The summed E-state index contributed by atoms with van der Waals surface area (Å²) in [6.07, 6.45) is 3.97. The SMILES string of the molecule is COc1ccc(S(=O)(=O)NCCCN2CC(C)CC(C)C2)cc1C(=O)N1CCCC1. The fourth-order valence-corrected chi connectivity index (χ4v) is 5.78. The van der Waals surface area contributed by atoms with Gasteiger partial charge in [-0.15, -0.1) is 0 Å². The first-order valence-corrected chi connectivity index (χ1v) is 12.5. The Morgan fingerprint density at radius 3 is 2.47 bits per heavy atom. The predicted molar refractivity (Wildman–Crippen MR) is 117 cm³/mol. The van der Waals surface area contributed by atoms with Crippen LogP contribution >= 0.6 is 0 Å². The number of carbonyl (C=O) groups is 1. The maximum absolute atomic E-state index is 12.8. The zero-order valence-electron chi connectivity index (χ0n) is 18.4. The van der Waals surface area contributed by atoms with Gasteiger partial charge >= 0.3 is 0 Å². The second-order valence-electron chi connectivity index (χ2n) is 8.82. The number of carbonyl (C=O) groups excluding carboxylic acids is 1. The van der Waals surface area contributed by atoms with Crippen LogP contribution in [0.25, 0.3) is 0 Å². The Hall–Kier alpha value is -1.64. The highest BCUT2D eigenvalue weighted by molar-refractivity contribution is 7.89. The second-order valence-corrected chi connectivity index (χ2v) is 10.6. The maximum atomic E-state index is 12.8. The van der Waals surface area contributed by atoms with Gasteiger partial charge in [0.1, 0.15) is 5.75 Å². The van der Waals surface area contributed by atoms with Crippen LogP contribution in [-0.2, 0) is 10.0 Å². The van der Waals surface area contributed by atoms with Gasteiger partial charge in [0.15, 0.2) is 0 Å². The number of nitrogens with zero attached hydrogens (tertiary/aromatic N) is 2. The third kappa shape index (κ3) is 5.74. The Kier molecular flexibility index (Phi) is 7.76. The number of methoxy groups -OCH3 is 1. The number of piperidine rings is 1. The second kappa shape index (κ2) is 10.1. The summed E-state index contributed by atoms with van der Waals surface area (Å²) in [5.41, 5.74) is 0.304. The highest BCUT2D eigenvalue weighted by atomic mass is 32.2. The van der Waals surface area contributed by atoms with E-state index >= 15 is 0 Å². The maximum Gasteiger partial charge on any atom is 0.257 e. The summed E-state index contributed by atoms with van der Waals surface area (Å²) < 4.78 is 33.6. The molecule has 8 heteroatoms. The summed E-state index contributed by atoms with van der Waals surface area (Å²) in [5.74, 6) is 1.61. The van der Waals surface area contributed by atoms with Gasteiger partial charge in [0.2, 0.25) is 10.0 Å². The van der Waals surface area contributed by atoms with Gasteiger partial charge in [-0.05, 0) is 62.3 Å². The van der Waals surface area contributed by atoms with Crippen molar-refractivity contribution in [2.75, 3.05) is 46.4 Å². The van der Waals surface area contributed by atoms with E-state index in [2.05, 4.69) is 23.5 Å². The number of sulfonamides is 1. The van der Waals surface area contributed by atoms with Crippen LogP contribution in [-0.4, -0.2) is 70.5 Å². The summed E-state index contributed by atoms with van der Waals surface area (Å²) in [6, 6.07) is 4.50. The zero-order valence-corrected chi connectivity index (χ0v) is 19.2. The molecule has 2 fully saturated rings. The predicted octanol–water partition coefficient (Wildman–Crippen LogP) is 2.58. The van der Waals surface area contributed by atoms with E-state index in [-0.39, 0.29) is 10.8 Å². The van der Waals surface area contributed by atoms with Crippen LogP contribution in [0.15, 0.2) is 23.1 Å². The third-order valence-electron chi connectivity index (χ3n) is 5.99. The first kappa shape index (κ1) is 23.0. The normalized spacial score (nSPS) is 23.0. The Morgan fingerprint density at radius 1 is 1.17 bits per heavy atom. The molecule has 0 aromatic heterocycles. The Balaban J connectivity index is 1.61. The molecule has 1 aromatic rings. The summed E-state index contributed by atoms with van der Waals surface area (Å²) in [6.45, 7) is 9.37. The average Bonchev–Trinajstić information content (AvgIpc) is 3.24. The molecule has 0 spiro atoms. The van der Waals surface area contributed by atoms with Crippen molar-refractivity contribution in [3.05, 3.63) is 23.8 Å². The minimum Gasteiger partial charge on any atom is -0.496 e. The van der Waals surface area contributed by atoms with Crippen LogP contribution in [0.1, 0.15) is 49.9 Å². The van der Waals surface area contributed by atoms with E-state index in [4.69, 9.17) is 4.74 Å². The summed E-state index contributed by atoms with van der Waals surface area (Å²) in [4.78, 5) is 17.1. The van der Waals surface area contributed by atoms with Crippen LogP contribution in [0.4, 0.5) is 0 Å². The van der Waals surface area contributed by atoms with Crippen LogP contribution in [0.5, 0.6) is 5.75 Å². The molecule has 2 saturated heterocycles. The van der Waals surface area contributed by atoms with Crippen molar-refractivity contribution >= 4 is 15.9 Å². The van der Waals surface area contributed by atoms with Gasteiger partial charge in [0.25, 0.3) is 5.91 Å². The van der Waals surface area contributed by atoms with Crippen LogP contribution < -0.4 is 9.46 Å². The molecule has 0 radical (unpaired) electrons. The van der Waals surface area contributed by atoms with Gasteiger partial charge in [-0.3, -0.25) is 4.79 Å². The van der Waals surface area contributed by atoms with Gasteiger partial charge in [0, 0.05) is 32.7 Å². The van der Waals surface area contributed by atoms with E-state index in [0.717, 1.165) is 38.9 Å². The highest BCUT2D eigenvalue weighted by Crippen LogP contribution is 2.25. The molecule has 168 valence electrons. The van der Waals surface area contributed by atoms with Crippen LogP contribution in [0.3, 0.4) is 0 Å². The van der Waals surface area contributed by atoms with E-state index in [1.165, 1.54) is 25.7 Å². The largest absolute Gasteiger partial charge is 0.496 e. The van der Waals surface area contributed by atoms with Crippen LogP contribution in [0.2, 0.25) is 0 Å². The number of rotatable bonds is 8. The molecule has 7 nitrogen and oxygen atoms in total. The minimum absolute atomic E-state index is 0.103. The number of hydrogen-bond acceptors (Lipinski definition) is 5. The number of nitrogens with one attached hydrogen (secondary N) is 1. The molecule has 3 rings (SSSR count). The van der Waals surface area contributed by atoms with E-state index < -0.39 is 10.0 Å². The molecule has 2 heterocycles. The molecule has 1 amide bonds. The molecule has 1 N–H and O–H groups in total. The molecular formula is C22H35N3O4S. The van der Waals surface area contributed by atoms with E-state index in [0.29, 0.717) is 42.8 Å². The molecule has 2 unspecified atom stereocenters. The van der Waals surface area contributed by atoms with Crippen molar-refractivity contribution in [2.45, 2.75) is 44.4 Å². The lowest BCUT2D eigenvalue weighted by atomic mass is 9.92. The third-order valence-corrected chi connectivity index (χ3v) is 7.45. The zero-order chi connectivity index (χ0) is 21.7. The molecule has 0 aliphatic carbocycles. The Labute approximate surface area is 180 Å². The molecule has 2 atom stereocenters. The van der Waals surface area contributed by atoms with E-state index in [1.54, 1.807) is 11.0 Å². The van der Waals surface area contributed by atoms with Crippen molar-refractivity contribution in [1.82, 2.24) is 14.5 Å². The summed E-state index contributed by atoms with van der Waals surface area (Å²) >= 11 is 0. The average molecular weight is 438 g/mol. The monoisotopic (exact) mass is 437 g/mol. The molecule has 2 aliphatic heterocycles. The molecule has 0 bridgehead atoms. The Bertz CT molecular complexity index is 827. The first-order chi connectivity index (χ1) is 14.3. The molecular weight excluding hydrogens is 402 g/mol. The van der Waals surface area contributed by atoms with Gasteiger partial charge in [-0.25, -0.2) is 13.1 Å². The van der Waals surface area contributed by atoms with Crippen molar-refractivity contribution in [2.24, 2.45) is 11.8 Å². The number of benzene rings is 1. The van der Waals surface area contributed by atoms with Gasteiger partial charge in [-0.2, -0.15) is 0 Å². The van der Waals surface area contributed by atoms with E-state index in [1.807, 2.05) is 0 Å². The van der Waals surface area contributed by atoms with E-state index in [9.17, 15) is 13.2 Å². The lowest BCUT2D eigenvalue weighted by Crippen LogP contribution is -2.40. The van der Waals surface area contributed by atoms with Crippen molar-refractivity contribution < 1.29 is 17.9 Å². The molecule has 0 saturated carbocycles. The summed E-state index contributed by atoms with van der Waals surface area (Å²) in [5, 5.41) is 0. The molecule has 2 aliphatic rings. The van der Waals surface area contributed by atoms with Crippen molar-refractivity contribution in [3.63, 3.8) is 0 Å². The topological polar surface area (TPSA) is 79.0 Å². The minimum atomic E-state index is -3.68. The standard InChI is InChI=1S/C22H35N3O4S/c1-17-13-18(2)16-24(15-17)10-6-9-23-30(27,28)19-7-8-21(29-3)20(14-19)22(26)25-11-4-5-12-25/h7-8,14,17-18,23H,4-6,9-13,15-16H2,1-3H3. The Morgan fingerprint density at radius 2 is 1.83 bits per heavy atom. The fourth-order valence-electron chi connectivity index (χ4n) is 4.68. The van der Waals surface area contributed by atoms with Crippen molar-refractivity contribution in [3.8, 4) is 5.75 Å². The molecule has 30 heavy (non-hydrogen) atoms.